The Morgan fingerprint density at radius 2 is 1.70 bits per heavy atom. The van der Waals surface area contributed by atoms with Crippen LogP contribution in [-0.4, -0.2) is 5.78 Å². The highest BCUT2D eigenvalue weighted by atomic mass is 32.1. The third-order valence-electron chi connectivity index (χ3n) is 3.29. The molecule has 5 heteroatoms. The van der Waals surface area contributed by atoms with Crippen LogP contribution in [0.25, 0.3) is 10.4 Å². The lowest BCUT2D eigenvalue weighted by Crippen LogP contribution is -2.03. The molecular formula is C15H11F3OS. The first-order valence-electron chi connectivity index (χ1n) is 6.27. The summed E-state index contributed by atoms with van der Waals surface area (Å²) < 4.78 is 37.5. The van der Waals surface area contributed by atoms with Crippen molar-refractivity contribution in [1.29, 1.82) is 0 Å². The van der Waals surface area contributed by atoms with Gasteiger partial charge >= 0.3 is 6.18 Å². The van der Waals surface area contributed by atoms with Crippen molar-refractivity contribution < 1.29 is 18.0 Å². The van der Waals surface area contributed by atoms with Gasteiger partial charge in [0.1, 0.15) is 0 Å². The summed E-state index contributed by atoms with van der Waals surface area (Å²) in [5.74, 6) is 0.322. The van der Waals surface area contributed by atoms with Crippen LogP contribution in [0, 0.1) is 5.92 Å². The molecule has 0 saturated heterocycles. The number of ketones is 1. The Kier molecular flexibility index (Phi) is 3.17. The molecule has 1 fully saturated rings. The zero-order valence-corrected chi connectivity index (χ0v) is 11.2. The predicted molar refractivity (Wildman–Crippen MR) is 71.8 cm³/mol. The molecule has 0 atom stereocenters. The van der Waals surface area contributed by atoms with Crippen LogP contribution in [0.5, 0.6) is 0 Å². The van der Waals surface area contributed by atoms with Crippen molar-refractivity contribution >= 4 is 17.1 Å². The number of carbonyl (C=O) groups is 1. The van der Waals surface area contributed by atoms with E-state index in [0.717, 1.165) is 29.9 Å². The second-order valence-electron chi connectivity index (χ2n) is 4.88. The number of halogens is 3. The molecule has 1 aliphatic rings. The molecule has 0 radical (unpaired) electrons. The van der Waals surface area contributed by atoms with Crippen LogP contribution in [0.2, 0.25) is 0 Å². The van der Waals surface area contributed by atoms with E-state index in [0.29, 0.717) is 10.4 Å². The molecule has 1 nitrogen and oxygen atoms in total. The quantitative estimate of drug-likeness (QED) is 0.726. The number of benzene rings is 1. The van der Waals surface area contributed by atoms with Crippen LogP contribution < -0.4 is 0 Å². The zero-order chi connectivity index (χ0) is 14.3. The van der Waals surface area contributed by atoms with Crippen molar-refractivity contribution in [3.05, 3.63) is 46.8 Å². The Morgan fingerprint density at radius 1 is 1.05 bits per heavy atom. The average molecular weight is 296 g/mol. The van der Waals surface area contributed by atoms with E-state index >= 15 is 0 Å². The first kappa shape index (κ1) is 13.4. The van der Waals surface area contributed by atoms with E-state index in [1.165, 1.54) is 23.5 Å². The van der Waals surface area contributed by atoms with Crippen LogP contribution in [-0.2, 0) is 6.18 Å². The number of hydrogen-bond acceptors (Lipinski definition) is 2. The van der Waals surface area contributed by atoms with Gasteiger partial charge in [0.25, 0.3) is 0 Å². The standard InChI is InChI=1S/C15H11F3OS/c16-15(17,18)11-5-3-9(4-6-11)12-7-8-13(20-12)14(19)10-1-2-10/h3-8,10H,1-2H2. The van der Waals surface area contributed by atoms with Gasteiger partial charge in [-0.25, -0.2) is 0 Å². The van der Waals surface area contributed by atoms with Crippen LogP contribution in [0.3, 0.4) is 0 Å². The first-order chi connectivity index (χ1) is 9.45. The minimum atomic E-state index is -4.32. The molecular weight excluding hydrogens is 285 g/mol. The van der Waals surface area contributed by atoms with Gasteiger partial charge in [-0.3, -0.25) is 4.79 Å². The topological polar surface area (TPSA) is 17.1 Å². The van der Waals surface area contributed by atoms with Crippen molar-refractivity contribution in [3.63, 3.8) is 0 Å². The van der Waals surface area contributed by atoms with Crippen molar-refractivity contribution in [2.45, 2.75) is 19.0 Å². The van der Waals surface area contributed by atoms with E-state index in [4.69, 9.17) is 0 Å². The van der Waals surface area contributed by atoms with E-state index in [1.54, 1.807) is 12.1 Å². The minimum absolute atomic E-state index is 0.160. The summed E-state index contributed by atoms with van der Waals surface area (Å²) in [7, 11) is 0. The first-order valence-corrected chi connectivity index (χ1v) is 7.08. The lowest BCUT2D eigenvalue weighted by Gasteiger charge is -2.06. The van der Waals surface area contributed by atoms with Gasteiger partial charge in [0.2, 0.25) is 0 Å². The van der Waals surface area contributed by atoms with Crippen LogP contribution in [0.15, 0.2) is 36.4 Å². The molecule has 1 aromatic heterocycles. The number of hydrogen-bond donors (Lipinski definition) is 0. The molecule has 1 heterocycles. The Hall–Kier alpha value is -1.62. The summed E-state index contributed by atoms with van der Waals surface area (Å²) in [6, 6.07) is 8.58. The molecule has 0 aliphatic heterocycles. The number of alkyl halides is 3. The van der Waals surface area contributed by atoms with Crippen LogP contribution >= 0.6 is 11.3 Å². The molecule has 104 valence electrons. The summed E-state index contributed by atoms with van der Waals surface area (Å²) in [5, 5.41) is 0. The van der Waals surface area contributed by atoms with Gasteiger partial charge in [-0.2, -0.15) is 13.2 Å². The van der Waals surface area contributed by atoms with Gasteiger partial charge in [0, 0.05) is 10.8 Å². The number of Topliss-reactive ketones (excluding diaryl/α,β-unsaturated/α-hetero) is 1. The van der Waals surface area contributed by atoms with Crippen LogP contribution in [0.1, 0.15) is 28.1 Å². The summed E-state index contributed by atoms with van der Waals surface area (Å²) in [5.41, 5.74) is 0.0462. The monoisotopic (exact) mass is 296 g/mol. The summed E-state index contributed by atoms with van der Waals surface area (Å²) in [6.07, 6.45) is -2.42. The van der Waals surface area contributed by atoms with E-state index in [2.05, 4.69) is 0 Å². The third-order valence-corrected chi connectivity index (χ3v) is 4.44. The number of rotatable bonds is 3. The largest absolute Gasteiger partial charge is 0.416 e. The maximum absolute atomic E-state index is 12.5. The SMILES string of the molecule is O=C(c1ccc(-c2ccc(C(F)(F)F)cc2)s1)C1CC1. The van der Waals surface area contributed by atoms with Gasteiger partial charge in [-0.05, 0) is 42.7 Å². The Balaban J connectivity index is 1.84. The van der Waals surface area contributed by atoms with Gasteiger partial charge in [-0.1, -0.05) is 12.1 Å². The molecule has 20 heavy (non-hydrogen) atoms. The van der Waals surface area contributed by atoms with Crippen molar-refractivity contribution in [3.8, 4) is 10.4 Å². The van der Waals surface area contributed by atoms with Gasteiger partial charge in [0.15, 0.2) is 5.78 Å². The van der Waals surface area contributed by atoms with Gasteiger partial charge in [0.05, 0.1) is 10.4 Å². The summed E-state index contributed by atoms with van der Waals surface area (Å²) >= 11 is 1.34. The van der Waals surface area contributed by atoms with Crippen molar-refractivity contribution in [2.75, 3.05) is 0 Å². The fourth-order valence-corrected chi connectivity index (χ4v) is 3.03. The Bertz CT molecular complexity index is 636. The molecule has 2 aromatic rings. The normalized spacial score (nSPS) is 15.3. The Morgan fingerprint density at radius 3 is 2.25 bits per heavy atom. The molecule has 1 aromatic carbocycles. The summed E-state index contributed by atoms with van der Waals surface area (Å²) in [4.78, 5) is 13.4. The molecule has 0 amide bonds. The zero-order valence-electron chi connectivity index (χ0n) is 10.4. The molecule has 3 rings (SSSR count). The second kappa shape index (κ2) is 4.74. The molecule has 0 unspecified atom stereocenters. The van der Waals surface area contributed by atoms with E-state index < -0.39 is 11.7 Å². The fraction of sp³-hybridized carbons (Fsp3) is 0.267. The van der Waals surface area contributed by atoms with E-state index in [9.17, 15) is 18.0 Å². The van der Waals surface area contributed by atoms with Gasteiger partial charge in [-0.15, -0.1) is 11.3 Å². The fourth-order valence-electron chi connectivity index (χ4n) is 2.00. The highest BCUT2D eigenvalue weighted by Crippen LogP contribution is 2.37. The number of thiophene rings is 1. The Labute approximate surface area is 118 Å². The van der Waals surface area contributed by atoms with Crippen molar-refractivity contribution in [2.24, 2.45) is 5.92 Å². The lowest BCUT2D eigenvalue weighted by molar-refractivity contribution is -0.137. The van der Waals surface area contributed by atoms with E-state index in [-0.39, 0.29) is 11.7 Å². The second-order valence-corrected chi connectivity index (χ2v) is 5.96. The highest BCUT2D eigenvalue weighted by Gasteiger charge is 2.32. The smallest absolute Gasteiger partial charge is 0.293 e. The van der Waals surface area contributed by atoms with Crippen molar-refractivity contribution in [1.82, 2.24) is 0 Å². The highest BCUT2D eigenvalue weighted by molar-refractivity contribution is 7.17. The van der Waals surface area contributed by atoms with Crippen LogP contribution in [0.4, 0.5) is 13.2 Å². The maximum atomic E-state index is 12.5. The molecule has 1 saturated carbocycles. The molecule has 0 N–H and O–H groups in total. The summed E-state index contributed by atoms with van der Waals surface area (Å²) in [6.45, 7) is 0. The number of carbonyl (C=O) groups excluding carboxylic acids is 1. The predicted octanol–water partition coefficient (Wildman–Crippen LogP) is 5.03. The van der Waals surface area contributed by atoms with Gasteiger partial charge < -0.3 is 0 Å². The molecule has 1 aliphatic carbocycles. The lowest BCUT2D eigenvalue weighted by atomic mass is 10.1. The third kappa shape index (κ3) is 2.63. The maximum Gasteiger partial charge on any atom is 0.416 e. The van der Waals surface area contributed by atoms with E-state index in [1.807, 2.05) is 0 Å². The minimum Gasteiger partial charge on any atom is -0.293 e. The average Bonchev–Trinajstić information content (AvgIpc) is 3.14. The molecule has 0 spiro atoms. The molecule has 0 bridgehead atoms.